The molecule has 1 aromatic rings. The third-order valence-corrected chi connectivity index (χ3v) is 5.96. The average Bonchev–Trinajstić information content (AvgIpc) is 2.65. The molecular formula is C19H31N3O3S2. The van der Waals surface area contributed by atoms with E-state index in [0.717, 1.165) is 29.2 Å². The number of unbranched alkanes of at least 4 members (excludes halogenated alkanes) is 1. The van der Waals surface area contributed by atoms with Crippen molar-refractivity contribution in [3.05, 3.63) is 29.8 Å². The maximum absolute atomic E-state index is 12.2. The molecule has 0 radical (unpaired) electrons. The van der Waals surface area contributed by atoms with E-state index in [2.05, 4.69) is 31.6 Å². The molecule has 1 rings (SSSR count). The van der Waals surface area contributed by atoms with Crippen LogP contribution in [-0.4, -0.2) is 45.8 Å². The molecule has 2 amide bonds. The highest BCUT2D eigenvalue weighted by molar-refractivity contribution is 7.99. The SMILES string of the molecule is CCCCSc1cccc(C(=O)NNC(=O)C(O)[C@H](N)CCSC(C)C)c1. The number of benzene rings is 1. The van der Waals surface area contributed by atoms with Crippen molar-refractivity contribution >= 4 is 35.3 Å². The van der Waals surface area contributed by atoms with E-state index in [-0.39, 0.29) is 0 Å². The lowest BCUT2D eigenvalue weighted by Gasteiger charge is -2.19. The van der Waals surface area contributed by atoms with Crippen LogP contribution in [0.3, 0.4) is 0 Å². The zero-order valence-corrected chi connectivity index (χ0v) is 17.9. The quantitative estimate of drug-likeness (QED) is 0.252. The molecule has 5 N–H and O–H groups in total. The smallest absolute Gasteiger partial charge is 0.269 e. The molecule has 0 aliphatic rings. The van der Waals surface area contributed by atoms with Crippen molar-refractivity contribution in [3.8, 4) is 0 Å². The van der Waals surface area contributed by atoms with Crippen LogP contribution in [0.25, 0.3) is 0 Å². The first kappa shape index (κ1) is 23.8. The highest BCUT2D eigenvalue weighted by Gasteiger charge is 2.23. The lowest BCUT2D eigenvalue weighted by atomic mass is 10.1. The fourth-order valence-corrected chi connectivity index (χ4v) is 4.05. The Morgan fingerprint density at radius 3 is 2.63 bits per heavy atom. The highest BCUT2D eigenvalue weighted by Crippen LogP contribution is 2.20. The van der Waals surface area contributed by atoms with Crippen molar-refractivity contribution < 1.29 is 14.7 Å². The molecule has 0 aromatic heterocycles. The summed E-state index contributed by atoms with van der Waals surface area (Å²) in [5, 5.41) is 10.5. The molecule has 6 nitrogen and oxygen atoms in total. The van der Waals surface area contributed by atoms with Gasteiger partial charge < -0.3 is 10.8 Å². The third-order valence-electron chi connectivity index (χ3n) is 3.74. The van der Waals surface area contributed by atoms with E-state index in [4.69, 9.17) is 5.73 Å². The third kappa shape index (κ3) is 9.51. The van der Waals surface area contributed by atoms with Crippen molar-refractivity contribution in [3.63, 3.8) is 0 Å². The standard InChI is InChI=1S/C19H31N3O3S2/c1-4-5-10-27-15-8-6-7-14(12-15)18(24)21-22-19(25)17(23)16(20)9-11-26-13(2)3/h6-8,12-13,16-17,23H,4-5,9-11,20H2,1-3H3,(H,21,24)(H,22,25)/t16-,17?/m1/s1. The topological polar surface area (TPSA) is 104 Å². The summed E-state index contributed by atoms with van der Waals surface area (Å²) in [7, 11) is 0. The Morgan fingerprint density at radius 1 is 1.22 bits per heavy atom. The summed E-state index contributed by atoms with van der Waals surface area (Å²) in [4.78, 5) is 25.2. The van der Waals surface area contributed by atoms with E-state index in [9.17, 15) is 14.7 Å². The average molecular weight is 414 g/mol. The molecule has 0 heterocycles. The summed E-state index contributed by atoms with van der Waals surface area (Å²) in [5.41, 5.74) is 10.9. The maximum Gasteiger partial charge on any atom is 0.269 e. The fraction of sp³-hybridized carbons (Fsp3) is 0.579. The second-order valence-corrected chi connectivity index (χ2v) is 9.34. The lowest BCUT2D eigenvalue weighted by molar-refractivity contribution is -0.131. The van der Waals surface area contributed by atoms with Crippen LogP contribution in [0.5, 0.6) is 0 Å². The molecular weight excluding hydrogens is 382 g/mol. The van der Waals surface area contributed by atoms with E-state index in [1.807, 2.05) is 12.1 Å². The summed E-state index contributed by atoms with van der Waals surface area (Å²) >= 11 is 3.41. The van der Waals surface area contributed by atoms with E-state index >= 15 is 0 Å². The highest BCUT2D eigenvalue weighted by atomic mass is 32.2. The number of hydrazine groups is 1. The van der Waals surface area contributed by atoms with Gasteiger partial charge in [-0.05, 0) is 47.8 Å². The van der Waals surface area contributed by atoms with Gasteiger partial charge in [0.15, 0.2) is 0 Å². The van der Waals surface area contributed by atoms with Gasteiger partial charge in [-0.1, -0.05) is 33.3 Å². The predicted octanol–water partition coefficient (Wildman–Crippen LogP) is 2.56. The van der Waals surface area contributed by atoms with Gasteiger partial charge in [-0.25, -0.2) is 0 Å². The Bertz CT molecular complexity index is 599. The number of aliphatic hydroxyl groups is 1. The van der Waals surface area contributed by atoms with Gasteiger partial charge in [-0.3, -0.25) is 20.4 Å². The van der Waals surface area contributed by atoms with Crippen LogP contribution in [0.1, 0.15) is 50.4 Å². The van der Waals surface area contributed by atoms with Crippen LogP contribution in [0.2, 0.25) is 0 Å². The van der Waals surface area contributed by atoms with Gasteiger partial charge in [-0.15, -0.1) is 11.8 Å². The normalized spacial score (nSPS) is 13.3. The van der Waals surface area contributed by atoms with E-state index < -0.39 is 24.0 Å². The number of hydrogen-bond acceptors (Lipinski definition) is 6. The zero-order valence-electron chi connectivity index (χ0n) is 16.2. The molecule has 0 aliphatic carbocycles. The van der Waals surface area contributed by atoms with E-state index in [0.29, 0.717) is 17.2 Å². The molecule has 0 bridgehead atoms. The zero-order chi connectivity index (χ0) is 20.2. The molecule has 1 unspecified atom stereocenters. The first-order valence-corrected chi connectivity index (χ1v) is 11.3. The van der Waals surface area contributed by atoms with E-state index in [1.165, 1.54) is 0 Å². The van der Waals surface area contributed by atoms with Crippen LogP contribution < -0.4 is 16.6 Å². The van der Waals surface area contributed by atoms with Crippen molar-refractivity contribution in [1.82, 2.24) is 10.9 Å². The van der Waals surface area contributed by atoms with Crippen LogP contribution in [0.15, 0.2) is 29.2 Å². The van der Waals surface area contributed by atoms with Gasteiger partial charge in [0, 0.05) is 16.5 Å². The molecule has 0 saturated heterocycles. The predicted molar refractivity (Wildman–Crippen MR) is 114 cm³/mol. The maximum atomic E-state index is 12.2. The second-order valence-electron chi connectivity index (χ2n) is 6.49. The minimum absolute atomic E-state index is 0.433. The number of nitrogens with two attached hydrogens (primary N) is 1. The van der Waals surface area contributed by atoms with Crippen molar-refractivity contribution in [2.24, 2.45) is 5.73 Å². The summed E-state index contributed by atoms with van der Waals surface area (Å²) in [6.07, 6.45) is 1.39. The Kier molecular flexibility index (Phi) is 11.5. The Balaban J connectivity index is 2.46. The number of amides is 2. The second kappa shape index (κ2) is 13.0. The molecule has 0 fully saturated rings. The van der Waals surface area contributed by atoms with Gasteiger partial charge in [0.2, 0.25) is 0 Å². The number of hydrogen-bond donors (Lipinski definition) is 4. The number of aliphatic hydroxyl groups excluding tert-OH is 1. The summed E-state index contributed by atoms with van der Waals surface area (Å²) in [5.74, 6) is 0.617. The lowest BCUT2D eigenvalue weighted by Crippen LogP contribution is -2.52. The summed E-state index contributed by atoms with van der Waals surface area (Å²) < 4.78 is 0. The first-order chi connectivity index (χ1) is 12.8. The molecule has 152 valence electrons. The number of nitrogens with one attached hydrogen (secondary N) is 2. The van der Waals surface area contributed by atoms with Crippen molar-refractivity contribution in [2.75, 3.05) is 11.5 Å². The number of carbonyl (C=O) groups excluding carboxylic acids is 2. The molecule has 0 aliphatic heterocycles. The van der Waals surface area contributed by atoms with Gasteiger partial charge in [-0.2, -0.15) is 11.8 Å². The van der Waals surface area contributed by atoms with Gasteiger partial charge >= 0.3 is 0 Å². The van der Waals surface area contributed by atoms with Crippen LogP contribution >= 0.6 is 23.5 Å². The van der Waals surface area contributed by atoms with E-state index in [1.54, 1.807) is 35.7 Å². The molecule has 0 saturated carbocycles. The summed E-state index contributed by atoms with van der Waals surface area (Å²) in [6.45, 7) is 6.29. The molecule has 0 spiro atoms. The largest absolute Gasteiger partial charge is 0.382 e. The van der Waals surface area contributed by atoms with Crippen molar-refractivity contribution in [2.45, 2.75) is 62.3 Å². The number of rotatable bonds is 11. The fourth-order valence-electron chi connectivity index (χ4n) is 2.12. The number of thioether (sulfide) groups is 2. The van der Waals surface area contributed by atoms with Crippen LogP contribution in [0, 0.1) is 0 Å². The van der Waals surface area contributed by atoms with Crippen LogP contribution in [0.4, 0.5) is 0 Å². The number of carbonyl (C=O) groups is 2. The molecule has 1 aromatic carbocycles. The molecule has 2 atom stereocenters. The Morgan fingerprint density at radius 2 is 1.96 bits per heavy atom. The van der Waals surface area contributed by atoms with Gasteiger partial charge in [0.05, 0.1) is 0 Å². The summed E-state index contributed by atoms with van der Waals surface area (Å²) in [6, 6.07) is 6.55. The van der Waals surface area contributed by atoms with Crippen molar-refractivity contribution in [1.29, 1.82) is 0 Å². The Labute approximate surface area is 170 Å². The molecule has 8 heteroatoms. The molecule has 27 heavy (non-hydrogen) atoms. The first-order valence-electron chi connectivity index (χ1n) is 9.23. The van der Waals surface area contributed by atoms with Gasteiger partial charge in [0.1, 0.15) is 6.10 Å². The van der Waals surface area contributed by atoms with Crippen LogP contribution in [-0.2, 0) is 4.79 Å². The minimum atomic E-state index is -1.37. The van der Waals surface area contributed by atoms with Gasteiger partial charge in [0.25, 0.3) is 11.8 Å². The monoisotopic (exact) mass is 413 g/mol. The Hall–Kier alpha value is -1.22. The minimum Gasteiger partial charge on any atom is -0.382 e.